The van der Waals surface area contributed by atoms with Crippen molar-refractivity contribution in [2.24, 2.45) is 11.8 Å². The van der Waals surface area contributed by atoms with E-state index < -0.39 is 37.3 Å². The summed E-state index contributed by atoms with van der Waals surface area (Å²) in [4.78, 5) is 0. The molecule has 2 aliphatic heterocycles. The highest BCUT2D eigenvalue weighted by atomic mass is 16.7. The highest BCUT2D eigenvalue weighted by molar-refractivity contribution is 5.54. The molecule has 2 unspecified atom stereocenters. The van der Waals surface area contributed by atoms with Crippen LogP contribution in [0.3, 0.4) is 0 Å². The van der Waals surface area contributed by atoms with Crippen molar-refractivity contribution in [2.45, 2.75) is 89.2 Å². The molecule has 0 radical (unpaired) electrons. The summed E-state index contributed by atoms with van der Waals surface area (Å²) in [6.45, 7) is 9.74. The number of aliphatic hydroxyl groups is 4. The molecule has 1 aromatic carbocycles. The van der Waals surface area contributed by atoms with Crippen LogP contribution in [-0.2, 0) is 11.2 Å². The smallest absolute Gasteiger partial charge is 0.210 e. The molecule has 188 valence electrons. The van der Waals surface area contributed by atoms with Crippen molar-refractivity contribution in [1.82, 2.24) is 0 Å². The SMILES string of the molecule is C=CCCCc1cc(O[C@H]2O[C@H](O)[C@@H](O)[C@H](O)[C@H]2CO)c2c(c1)OC(C)(C)C1CCC(C)=CC21. The van der Waals surface area contributed by atoms with Gasteiger partial charge in [0.15, 0.2) is 6.29 Å². The Hall–Kier alpha value is -1.90. The summed E-state index contributed by atoms with van der Waals surface area (Å²) in [5, 5.41) is 40.4. The van der Waals surface area contributed by atoms with E-state index in [4.69, 9.17) is 14.2 Å². The average molecular weight is 475 g/mol. The normalized spacial score (nSPS) is 34.3. The Morgan fingerprint density at radius 2 is 1.97 bits per heavy atom. The van der Waals surface area contributed by atoms with Gasteiger partial charge in [-0.3, -0.25) is 0 Å². The molecule has 0 amide bonds. The topological polar surface area (TPSA) is 109 Å². The van der Waals surface area contributed by atoms with Gasteiger partial charge in [-0.2, -0.15) is 0 Å². The Morgan fingerprint density at radius 1 is 1.21 bits per heavy atom. The van der Waals surface area contributed by atoms with Crippen LogP contribution in [0.1, 0.15) is 63.5 Å². The van der Waals surface area contributed by atoms with Gasteiger partial charge in [-0.15, -0.1) is 6.58 Å². The van der Waals surface area contributed by atoms with E-state index in [-0.39, 0.29) is 17.4 Å². The van der Waals surface area contributed by atoms with Crippen molar-refractivity contribution in [1.29, 1.82) is 0 Å². The number of aryl methyl sites for hydroxylation is 1. The van der Waals surface area contributed by atoms with Crippen molar-refractivity contribution in [2.75, 3.05) is 6.61 Å². The lowest BCUT2D eigenvalue weighted by Gasteiger charge is -2.47. The lowest BCUT2D eigenvalue weighted by Crippen LogP contribution is -2.57. The van der Waals surface area contributed by atoms with E-state index >= 15 is 0 Å². The molecule has 7 atom stereocenters. The van der Waals surface area contributed by atoms with Crippen LogP contribution in [0.15, 0.2) is 36.4 Å². The van der Waals surface area contributed by atoms with E-state index in [1.54, 1.807) is 0 Å². The highest BCUT2D eigenvalue weighted by Crippen LogP contribution is 2.54. The lowest BCUT2D eigenvalue weighted by atomic mass is 9.68. The first kappa shape index (κ1) is 25.2. The zero-order chi connectivity index (χ0) is 24.6. The summed E-state index contributed by atoms with van der Waals surface area (Å²) in [6.07, 6.45) is 3.18. The van der Waals surface area contributed by atoms with Crippen molar-refractivity contribution >= 4 is 0 Å². The van der Waals surface area contributed by atoms with Gasteiger partial charge in [-0.25, -0.2) is 0 Å². The highest BCUT2D eigenvalue weighted by Gasteiger charge is 2.48. The molecule has 0 saturated carbocycles. The van der Waals surface area contributed by atoms with Crippen LogP contribution in [0.4, 0.5) is 0 Å². The summed E-state index contributed by atoms with van der Waals surface area (Å²) in [5.74, 6) is 0.749. The summed E-state index contributed by atoms with van der Waals surface area (Å²) in [6, 6.07) is 4.06. The summed E-state index contributed by atoms with van der Waals surface area (Å²) in [7, 11) is 0. The van der Waals surface area contributed by atoms with Crippen LogP contribution >= 0.6 is 0 Å². The number of unbranched alkanes of at least 4 members (excludes halogenated alkanes) is 1. The van der Waals surface area contributed by atoms with Gasteiger partial charge in [0.25, 0.3) is 0 Å². The number of benzene rings is 1. The first-order chi connectivity index (χ1) is 16.2. The Bertz CT molecular complexity index is 924. The monoisotopic (exact) mass is 474 g/mol. The molecular weight excluding hydrogens is 436 g/mol. The number of fused-ring (bicyclic) bond motifs is 3. The third-order valence-corrected chi connectivity index (χ3v) is 7.54. The minimum Gasteiger partial charge on any atom is -0.487 e. The maximum absolute atomic E-state index is 10.4. The van der Waals surface area contributed by atoms with E-state index in [1.807, 2.05) is 12.1 Å². The Morgan fingerprint density at radius 3 is 2.68 bits per heavy atom. The Kier molecular flexibility index (Phi) is 7.41. The largest absolute Gasteiger partial charge is 0.487 e. The van der Waals surface area contributed by atoms with Gasteiger partial charge in [-0.1, -0.05) is 17.7 Å². The van der Waals surface area contributed by atoms with Crippen molar-refractivity contribution in [3.05, 3.63) is 47.6 Å². The second-order valence-corrected chi connectivity index (χ2v) is 10.4. The number of rotatable bonds is 7. The van der Waals surface area contributed by atoms with Gasteiger partial charge in [0, 0.05) is 17.4 Å². The molecule has 0 spiro atoms. The molecule has 1 saturated heterocycles. The van der Waals surface area contributed by atoms with Crippen molar-refractivity contribution < 1.29 is 34.6 Å². The Labute approximate surface area is 201 Å². The predicted octanol–water partition coefficient (Wildman–Crippen LogP) is 3.19. The molecule has 1 fully saturated rings. The van der Waals surface area contributed by atoms with Gasteiger partial charge in [0.2, 0.25) is 6.29 Å². The van der Waals surface area contributed by atoms with E-state index in [9.17, 15) is 20.4 Å². The van der Waals surface area contributed by atoms with Crippen LogP contribution in [0.5, 0.6) is 11.5 Å². The number of hydrogen-bond donors (Lipinski definition) is 4. The van der Waals surface area contributed by atoms with E-state index in [0.29, 0.717) is 5.75 Å². The van der Waals surface area contributed by atoms with Gasteiger partial charge in [0.05, 0.1) is 18.6 Å². The quantitative estimate of drug-likeness (QED) is 0.355. The molecule has 1 aliphatic carbocycles. The zero-order valence-corrected chi connectivity index (χ0v) is 20.3. The van der Waals surface area contributed by atoms with Gasteiger partial charge in [0.1, 0.15) is 23.2 Å². The fraction of sp³-hybridized carbons (Fsp3) is 0.630. The number of aliphatic hydroxyl groups excluding tert-OH is 4. The molecule has 4 rings (SSSR count). The molecule has 34 heavy (non-hydrogen) atoms. The average Bonchev–Trinajstić information content (AvgIpc) is 2.77. The number of ether oxygens (including phenoxy) is 3. The molecule has 0 bridgehead atoms. The standard InChI is InChI=1S/C27H38O7/c1-5-6-7-8-16-12-20(32-26-18(14-28)23(29)24(30)25(31)33-26)22-17-11-15(2)9-10-19(17)27(3,4)34-21(22)13-16/h5,11-13,17-19,23-26,28-31H,1,6-10,14H2,2-4H3/t17?,18-,19?,23-,24+,25+,26+/m1/s1. The third kappa shape index (κ3) is 4.77. The fourth-order valence-corrected chi connectivity index (χ4v) is 5.59. The van der Waals surface area contributed by atoms with Gasteiger partial charge in [-0.05, 0) is 70.6 Å². The number of allylic oxidation sites excluding steroid dienone is 3. The molecule has 2 heterocycles. The summed E-state index contributed by atoms with van der Waals surface area (Å²) < 4.78 is 18.4. The Balaban J connectivity index is 1.77. The van der Waals surface area contributed by atoms with E-state index in [0.717, 1.165) is 49.0 Å². The van der Waals surface area contributed by atoms with Crippen LogP contribution in [0, 0.1) is 11.8 Å². The molecule has 0 aromatic heterocycles. The first-order valence-corrected chi connectivity index (χ1v) is 12.3. The number of hydrogen-bond acceptors (Lipinski definition) is 7. The summed E-state index contributed by atoms with van der Waals surface area (Å²) in [5.41, 5.74) is 2.93. The molecule has 3 aliphatic rings. The van der Waals surface area contributed by atoms with Crippen LogP contribution in [0.25, 0.3) is 0 Å². The molecule has 7 nitrogen and oxygen atoms in total. The van der Waals surface area contributed by atoms with E-state index in [2.05, 4.69) is 39.5 Å². The molecule has 7 heteroatoms. The maximum atomic E-state index is 10.4. The van der Waals surface area contributed by atoms with Gasteiger partial charge < -0.3 is 34.6 Å². The first-order valence-electron chi connectivity index (χ1n) is 12.3. The second kappa shape index (κ2) is 9.99. The van der Waals surface area contributed by atoms with Crippen molar-refractivity contribution in [3.8, 4) is 11.5 Å². The minimum atomic E-state index is -1.62. The van der Waals surface area contributed by atoms with Gasteiger partial charge >= 0.3 is 0 Å². The maximum Gasteiger partial charge on any atom is 0.210 e. The predicted molar refractivity (Wildman–Crippen MR) is 128 cm³/mol. The molecular formula is C27H38O7. The van der Waals surface area contributed by atoms with Crippen LogP contribution < -0.4 is 9.47 Å². The lowest BCUT2D eigenvalue weighted by molar-refractivity contribution is -0.313. The second-order valence-electron chi connectivity index (χ2n) is 10.4. The fourth-order valence-electron chi connectivity index (χ4n) is 5.59. The van der Waals surface area contributed by atoms with Crippen molar-refractivity contribution in [3.63, 3.8) is 0 Å². The van der Waals surface area contributed by atoms with Crippen LogP contribution in [-0.4, -0.2) is 57.4 Å². The van der Waals surface area contributed by atoms with E-state index in [1.165, 1.54) is 5.57 Å². The van der Waals surface area contributed by atoms with Crippen LogP contribution in [0.2, 0.25) is 0 Å². The molecule has 1 aromatic rings. The molecule has 4 N–H and O–H groups in total. The summed E-state index contributed by atoms with van der Waals surface area (Å²) >= 11 is 0. The minimum absolute atomic E-state index is 0.0846. The third-order valence-electron chi connectivity index (χ3n) is 7.54. The zero-order valence-electron chi connectivity index (χ0n) is 20.3.